The lowest BCUT2D eigenvalue weighted by atomic mass is 9.86. The Morgan fingerprint density at radius 2 is 1.86 bits per heavy atom. The SMILES string of the molecule is O=C(CCc1cccnc1)N1CCCC2(CCCN2Cc2ccc(Cl)cc2)C1. The molecule has 1 aromatic heterocycles. The highest BCUT2D eigenvalue weighted by atomic mass is 35.5. The number of amides is 1. The van der Waals surface area contributed by atoms with Gasteiger partial charge in [0.15, 0.2) is 0 Å². The number of halogens is 1. The maximum absolute atomic E-state index is 12.9. The number of rotatable bonds is 5. The summed E-state index contributed by atoms with van der Waals surface area (Å²) in [7, 11) is 0. The topological polar surface area (TPSA) is 36.4 Å². The number of pyridine rings is 1. The number of likely N-dealkylation sites (tertiary alicyclic amines) is 2. The highest BCUT2D eigenvalue weighted by Gasteiger charge is 2.44. The molecule has 28 heavy (non-hydrogen) atoms. The Labute approximate surface area is 172 Å². The van der Waals surface area contributed by atoms with Crippen LogP contribution in [-0.4, -0.2) is 45.9 Å². The molecule has 2 aromatic rings. The largest absolute Gasteiger partial charge is 0.341 e. The van der Waals surface area contributed by atoms with Crippen LogP contribution in [0.2, 0.25) is 5.02 Å². The molecule has 3 heterocycles. The first-order valence-electron chi connectivity index (χ1n) is 10.3. The fourth-order valence-electron chi connectivity index (χ4n) is 4.79. The summed E-state index contributed by atoms with van der Waals surface area (Å²) in [6.45, 7) is 3.81. The molecule has 4 rings (SSSR count). The standard InChI is InChI=1S/C23H28ClN3O/c24-21-8-5-20(6-9-21)17-27-15-3-12-23(27)11-2-14-26(18-23)22(28)10-7-19-4-1-13-25-16-19/h1,4-6,8-9,13,16H,2-3,7,10-12,14-15,17-18H2. The number of hydrogen-bond donors (Lipinski definition) is 0. The molecule has 1 atom stereocenters. The summed E-state index contributed by atoms with van der Waals surface area (Å²) in [6.07, 6.45) is 9.65. The normalized spacial score (nSPS) is 22.7. The quantitative estimate of drug-likeness (QED) is 0.753. The third-order valence-electron chi connectivity index (χ3n) is 6.29. The van der Waals surface area contributed by atoms with E-state index in [2.05, 4.69) is 26.9 Å². The Kier molecular flexibility index (Phi) is 5.98. The summed E-state index contributed by atoms with van der Waals surface area (Å²) in [4.78, 5) is 21.8. The first-order valence-corrected chi connectivity index (χ1v) is 10.7. The third kappa shape index (κ3) is 4.39. The minimum Gasteiger partial charge on any atom is -0.341 e. The molecule has 1 spiro atoms. The number of aromatic nitrogens is 1. The van der Waals surface area contributed by atoms with E-state index in [-0.39, 0.29) is 11.4 Å². The van der Waals surface area contributed by atoms with Crippen LogP contribution in [0.3, 0.4) is 0 Å². The predicted molar refractivity (Wildman–Crippen MR) is 112 cm³/mol. The van der Waals surface area contributed by atoms with Gasteiger partial charge >= 0.3 is 0 Å². The van der Waals surface area contributed by atoms with Crippen molar-refractivity contribution in [2.45, 2.75) is 50.6 Å². The van der Waals surface area contributed by atoms with E-state index in [0.717, 1.165) is 49.6 Å². The van der Waals surface area contributed by atoms with Crippen LogP contribution in [-0.2, 0) is 17.8 Å². The van der Waals surface area contributed by atoms with Crippen molar-refractivity contribution in [1.29, 1.82) is 0 Å². The number of benzene rings is 1. The molecule has 1 amide bonds. The Morgan fingerprint density at radius 3 is 2.61 bits per heavy atom. The molecule has 2 fully saturated rings. The van der Waals surface area contributed by atoms with Crippen molar-refractivity contribution < 1.29 is 4.79 Å². The smallest absolute Gasteiger partial charge is 0.222 e. The highest BCUT2D eigenvalue weighted by Crippen LogP contribution is 2.38. The number of piperidine rings is 1. The first-order chi connectivity index (χ1) is 13.6. The Bertz CT molecular complexity index is 795. The molecule has 2 aliphatic rings. The van der Waals surface area contributed by atoms with E-state index < -0.39 is 0 Å². The van der Waals surface area contributed by atoms with E-state index in [1.54, 1.807) is 6.20 Å². The van der Waals surface area contributed by atoms with Gasteiger partial charge in [0, 0.05) is 49.0 Å². The van der Waals surface area contributed by atoms with Gasteiger partial charge < -0.3 is 4.90 Å². The van der Waals surface area contributed by atoms with Gasteiger partial charge in [-0.2, -0.15) is 0 Å². The second-order valence-electron chi connectivity index (χ2n) is 8.16. The van der Waals surface area contributed by atoms with Crippen LogP contribution in [0, 0.1) is 0 Å². The summed E-state index contributed by atoms with van der Waals surface area (Å²) in [5.74, 6) is 0.279. The van der Waals surface area contributed by atoms with E-state index in [4.69, 9.17) is 11.6 Å². The molecule has 1 unspecified atom stereocenters. The summed E-state index contributed by atoms with van der Waals surface area (Å²) >= 11 is 6.04. The molecule has 0 N–H and O–H groups in total. The molecule has 148 valence electrons. The van der Waals surface area contributed by atoms with Gasteiger partial charge in [0.1, 0.15) is 0 Å². The molecule has 0 radical (unpaired) electrons. The molecule has 0 saturated carbocycles. The highest BCUT2D eigenvalue weighted by molar-refractivity contribution is 6.30. The van der Waals surface area contributed by atoms with Crippen molar-refractivity contribution in [3.63, 3.8) is 0 Å². The second-order valence-corrected chi connectivity index (χ2v) is 8.59. The maximum atomic E-state index is 12.9. The van der Waals surface area contributed by atoms with Gasteiger partial charge in [-0.3, -0.25) is 14.7 Å². The number of hydrogen-bond acceptors (Lipinski definition) is 3. The lowest BCUT2D eigenvalue weighted by Crippen LogP contribution is -2.56. The predicted octanol–water partition coefficient (Wildman–Crippen LogP) is 4.32. The van der Waals surface area contributed by atoms with Gasteiger partial charge in [-0.25, -0.2) is 0 Å². The molecule has 5 heteroatoms. The van der Waals surface area contributed by atoms with Gasteiger partial charge in [-0.05, 0) is 68.0 Å². The maximum Gasteiger partial charge on any atom is 0.222 e. The molecular formula is C23H28ClN3O. The number of aryl methyl sites for hydroxylation is 1. The van der Waals surface area contributed by atoms with Crippen LogP contribution >= 0.6 is 11.6 Å². The Hall–Kier alpha value is -1.91. The van der Waals surface area contributed by atoms with E-state index in [1.807, 2.05) is 30.5 Å². The van der Waals surface area contributed by atoms with Crippen LogP contribution in [0.1, 0.15) is 43.2 Å². The number of carbonyl (C=O) groups is 1. The molecule has 4 nitrogen and oxygen atoms in total. The lowest BCUT2D eigenvalue weighted by Gasteiger charge is -2.46. The number of nitrogens with zero attached hydrogens (tertiary/aromatic N) is 3. The zero-order valence-corrected chi connectivity index (χ0v) is 17.1. The Balaban J connectivity index is 1.39. The van der Waals surface area contributed by atoms with Gasteiger partial charge in [-0.15, -0.1) is 0 Å². The van der Waals surface area contributed by atoms with Crippen molar-refractivity contribution in [2.24, 2.45) is 0 Å². The van der Waals surface area contributed by atoms with Crippen molar-refractivity contribution in [2.75, 3.05) is 19.6 Å². The van der Waals surface area contributed by atoms with Gasteiger partial charge in [0.2, 0.25) is 5.91 Å². The summed E-state index contributed by atoms with van der Waals surface area (Å²) in [6, 6.07) is 12.2. The third-order valence-corrected chi connectivity index (χ3v) is 6.54. The van der Waals surface area contributed by atoms with E-state index in [1.165, 1.54) is 24.8 Å². The van der Waals surface area contributed by atoms with Crippen molar-refractivity contribution in [1.82, 2.24) is 14.8 Å². The van der Waals surface area contributed by atoms with E-state index in [9.17, 15) is 4.79 Å². The van der Waals surface area contributed by atoms with Crippen LogP contribution in [0.5, 0.6) is 0 Å². The lowest BCUT2D eigenvalue weighted by molar-refractivity contribution is -0.135. The summed E-state index contributed by atoms with van der Waals surface area (Å²) in [5.41, 5.74) is 2.57. The minimum absolute atomic E-state index is 0.141. The van der Waals surface area contributed by atoms with Crippen LogP contribution in [0.25, 0.3) is 0 Å². The fourth-order valence-corrected chi connectivity index (χ4v) is 4.92. The fraction of sp³-hybridized carbons (Fsp3) is 0.478. The molecule has 1 aromatic carbocycles. The van der Waals surface area contributed by atoms with Crippen LogP contribution < -0.4 is 0 Å². The second kappa shape index (κ2) is 8.62. The summed E-state index contributed by atoms with van der Waals surface area (Å²) in [5, 5.41) is 0.780. The van der Waals surface area contributed by atoms with Crippen molar-refractivity contribution in [3.8, 4) is 0 Å². The van der Waals surface area contributed by atoms with Crippen molar-refractivity contribution in [3.05, 3.63) is 64.9 Å². The van der Waals surface area contributed by atoms with Crippen LogP contribution in [0.4, 0.5) is 0 Å². The molecule has 0 aliphatic carbocycles. The van der Waals surface area contributed by atoms with E-state index in [0.29, 0.717) is 6.42 Å². The average molecular weight is 398 g/mol. The number of carbonyl (C=O) groups excluding carboxylic acids is 1. The van der Waals surface area contributed by atoms with Crippen LogP contribution in [0.15, 0.2) is 48.8 Å². The molecule has 2 aliphatic heterocycles. The molecule has 2 saturated heterocycles. The van der Waals surface area contributed by atoms with E-state index >= 15 is 0 Å². The van der Waals surface area contributed by atoms with Crippen molar-refractivity contribution >= 4 is 17.5 Å². The molecule has 0 bridgehead atoms. The van der Waals surface area contributed by atoms with Gasteiger partial charge in [-0.1, -0.05) is 29.8 Å². The summed E-state index contributed by atoms with van der Waals surface area (Å²) < 4.78 is 0. The van der Waals surface area contributed by atoms with Gasteiger partial charge in [0.25, 0.3) is 0 Å². The zero-order valence-electron chi connectivity index (χ0n) is 16.3. The first kappa shape index (κ1) is 19.4. The van der Waals surface area contributed by atoms with Gasteiger partial charge in [0.05, 0.1) is 0 Å². The molecular weight excluding hydrogens is 370 g/mol. The zero-order chi connectivity index (χ0) is 19.4. The minimum atomic E-state index is 0.141. The average Bonchev–Trinajstić information content (AvgIpc) is 3.09. The monoisotopic (exact) mass is 397 g/mol. The Morgan fingerprint density at radius 1 is 1.07 bits per heavy atom.